The molecule has 94 valence electrons. The minimum atomic E-state index is -0.348. The van der Waals surface area contributed by atoms with Gasteiger partial charge in [-0.05, 0) is 37.6 Å². The van der Waals surface area contributed by atoms with Crippen LogP contribution in [0.15, 0.2) is 18.2 Å². The largest absolute Gasteiger partial charge is 0.315 e. The Balaban J connectivity index is 2.49. The lowest BCUT2D eigenvalue weighted by Crippen LogP contribution is -2.24. The number of halogens is 1. The van der Waals surface area contributed by atoms with Gasteiger partial charge in [0.25, 0.3) is 0 Å². The molecule has 0 aliphatic rings. The van der Waals surface area contributed by atoms with E-state index in [0.29, 0.717) is 18.0 Å². The van der Waals surface area contributed by atoms with E-state index in [-0.39, 0.29) is 11.6 Å². The smallest absolute Gasteiger partial charge is 0.163 e. The zero-order chi connectivity index (χ0) is 12.8. The average Bonchev–Trinajstić information content (AvgIpc) is 2.27. The van der Waals surface area contributed by atoms with Crippen LogP contribution < -0.4 is 5.32 Å². The molecule has 0 atom stereocenters. The van der Waals surface area contributed by atoms with E-state index in [4.69, 9.17) is 0 Å². The number of hydrogen-bond acceptors (Lipinski definition) is 2. The van der Waals surface area contributed by atoms with Gasteiger partial charge >= 0.3 is 0 Å². The van der Waals surface area contributed by atoms with Crippen molar-refractivity contribution >= 4 is 5.78 Å². The van der Waals surface area contributed by atoms with E-state index in [1.165, 1.54) is 12.1 Å². The number of benzene rings is 1. The van der Waals surface area contributed by atoms with Crippen LogP contribution in [0.25, 0.3) is 0 Å². The molecule has 0 radical (unpaired) electrons. The van der Waals surface area contributed by atoms with Crippen LogP contribution in [0.2, 0.25) is 0 Å². The van der Waals surface area contributed by atoms with Gasteiger partial charge in [0.2, 0.25) is 0 Å². The van der Waals surface area contributed by atoms with Crippen LogP contribution in [0.1, 0.15) is 42.6 Å². The van der Waals surface area contributed by atoms with Crippen molar-refractivity contribution < 1.29 is 9.18 Å². The highest BCUT2D eigenvalue weighted by Gasteiger charge is 2.09. The third-order valence-electron chi connectivity index (χ3n) is 2.63. The van der Waals surface area contributed by atoms with Crippen LogP contribution >= 0.6 is 0 Å². The molecule has 2 nitrogen and oxygen atoms in total. The number of Topliss-reactive ketones (excluding diaryl/α,β-unsaturated/α-hetero) is 1. The average molecular weight is 237 g/mol. The molecule has 1 aromatic carbocycles. The summed E-state index contributed by atoms with van der Waals surface area (Å²) in [4.78, 5) is 11.9. The standard InChI is InChI=1S/C14H20FNO/c1-10(2)16-8-4-5-14(17)13-9-12(15)7-6-11(13)3/h6-7,9-10,16H,4-5,8H2,1-3H3. The molecular formula is C14H20FNO. The Kier molecular flexibility index (Phi) is 5.29. The molecule has 0 amide bonds. The molecule has 0 fully saturated rings. The summed E-state index contributed by atoms with van der Waals surface area (Å²) in [5.74, 6) is -0.327. The summed E-state index contributed by atoms with van der Waals surface area (Å²) in [6.07, 6.45) is 1.25. The van der Waals surface area contributed by atoms with Gasteiger partial charge < -0.3 is 5.32 Å². The zero-order valence-corrected chi connectivity index (χ0v) is 10.7. The third-order valence-corrected chi connectivity index (χ3v) is 2.63. The van der Waals surface area contributed by atoms with E-state index in [1.807, 2.05) is 6.92 Å². The highest BCUT2D eigenvalue weighted by atomic mass is 19.1. The highest BCUT2D eigenvalue weighted by molar-refractivity contribution is 5.97. The van der Waals surface area contributed by atoms with Crippen molar-refractivity contribution in [1.29, 1.82) is 0 Å². The highest BCUT2D eigenvalue weighted by Crippen LogP contribution is 2.13. The number of ketones is 1. The predicted octanol–water partition coefficient (Wildman–Crippen LogP) is 3.10. The maximum absolute atomic E-state index is 13.0. The second-order valence-corrected chi connectivity index (χ2v) is 4.59. The van der Waals surface area contributed by atoms with Gasteiger partial charge in [0.15, 0.2) is 5.78 Å². The van der Waals surface area contributed by atoms with Crippen LogP contribution in [0.3, 0.4) is 0 Å². The Morgan fingerprint density at radius 1 is 1.41 bits per heavy atom. The molecule has 1 rings (SSSR count). The summed E-state index contributed by atoms with van der Waals surface area (Å²) in [7, 11) is 0. The Morgan fingerprint density at radius 3 is 2.76 bits per heavy atom. The normalized spacial score (nSPS) is 10.9. The minimum absolute atomic E-state index is 0.0209. The fourth-order valence-electron chi connectivity index (χ4n) is 1.67. The molecule has 0 saturated heterocycles. The molecule has 0 saturated carbocycles. The number of hydrogen-bond donors (Lipinski definition) is 1. The molecule has 3 heteroatoms. The number of nitrogens with one attached hydrogen (secondary N) is 1. The summed E-state index contributed by atoms with van der Waals surface area (Å²) in [6, 6.07) is 4.79. The summed E-state index contributed by atoms with van der Waals surface area (Å²) in [6.45, 7) is 6.79. The maximum atomic E-state index is 13.0. The Labute approximate surface area is 102 Å². The van der Waals surface area contributed by atoms with Gasteiger partial charge in [0.1, 0.15) is 5.82 Å². The van der Waals surface area contributed by atoms with Crippen LogP contribution in [-0.4, -0.2) is 18.4 Å². The SMILES string of the molecule is Cc1ccc(F)cc1C(=O)CCCNC(C)C. The van der Waals surface area contributed by atoms with Crippen LogP contribution in [-0.2, 0) is 0 Å². The van der Waals surface area contributed by atoms with Crippen molar-refractivity contribution in [3.63, 3.8) is 0 Å². The predicted molar refractivity (Wildman–Crippen MR) is 67.8 cm³/mol. The molecule has 17 heavy (non-hydrogen) atoms. The lowest BCUT2D eigenvalue weighted by Gasteiger charge is -2.08. The van der Waals surface area contributed by atoms with Crippen molar-refractivity contribution in [2.75, 3.05) is 6.54 Å². The first-order chi connectivity index (χ1) is 8.00. The van der Waals surface area contributed by atoms with Crippen molar-refractivity contribution in [2.24, 2.45) is 0 Å². The van der Waals surface area contributed by atoms with Gasteiger partial charge in [-0.2, -0.15) is 0 Å². The van der Waals surface area contributed by atoms with Gasteiger partial charge in [-0.15, -0.1) is 0 Å². The van der Waals surface area contributed by atoms with Gasteiger partial charge in [-0.1, -0.05) is 19.9 Å². The Morgan fingerprint density at radius 2 is 2.12 bits per heavy atom. The summed E-state index contributed by atoms with van der Waals surface area (Å²) in [5.41, 5.74) is 1.35. The number of carbonyl (C=O) groups excluding carboxylic acids is 1. The van der Waals surface area contributed by atoms with E-state index in [0.717, 1.165) is 18.5 Å². The maximum Gasteiger partial charge on any atom is 0.163 e. The van der Waals surface area contributed by atoms with Gasteiger partial charge in [-0.3, -0.25) is 4.79 Å². The van der Waals surface area contributed by atoms with Crippen molar-refractivity contribution in [2.45, 2.75) is 39.7 Å². The quantitative estimate of drug-likeness (QED) is 0.608. The minimum Gasteiger partial charge on any atom is -0.315 e. The lowest BCUT2D eigenvalue weighted by molar-refractivity contribution is 0.0978. The topological polar surface area (TPSA) is 29.1 Å². The second kappa shape index (κ2) is 6.50. The first-order valence-electron chi connectivity index (χ1n) is 6.03. The van der Waals surface area contributed by atoms with Crippen molar-refractivity contribution in [1.82, 2.24) is 5.32 Å². The van der Waals surface area contributed by atoms with E-state index in [1.54, 1.807) is 6.07 Å². The molecule has 0 aliphatic carbocycles. The van der Waals surface area contributed by atoms with Crippen molar-refractivity contribution in [3.05, 3.63) is 35.1 Å². The van der Waals surface area contributed by atoms with Gasteiger partial charge in [0.05, 0.1) is 0 Å². The molecule has 0 aromatic heterocycles. The van der Waals surface area contributed by atoms with E-state index in [9.17, 15) is 9.18 Å². The zero-order valence-electron chi connectivity index (χ0n) is 10.7. The molecule has 0 spiro atoms. The van der Waals surface area contributed by atoms with Crippen LogP contribution in [0.4, 0.5) is 4.39 Å². The van der Waals surface area contributed by atoms with Crippen LogP contribution in [0, 0.1) is 12.7 Å². The molecule has 1 N–H and O–H groups in total. The number of aryl methyl sites for hydroxylation is 1. The van der Waals surface area contributed by atoms with E-state index >= 15 is 0 Å². The van der Waals surface area contributed by atoms with Crippen molar-refractivity contribution in [3.8, 4) is 0 Å². The second-order valence-electron chi connectivity index (χ2n) is 4.59. The Bertz CT molecular complexity index is 388. The first kappa shape index (κ1) is 13.8. The van der Waals surface area contributed by atoms with Gasteiger partial charge in [-0.25, -0.2) is 4.39 Å². The number of carbonyl (C=O) groups is 1. The molecule has 1 aromatic rings. The molecular weight excluding hydrogens is 217 g/mol. The summed E-state index contributed by atoms with van der Waals surface area (Å²) in [5, 5.41) is 3.25. The van der Waals surface area contributed by atoms with E-state index in [2.05, 4.69) is 19.2 Å². The Hall–Kier alpha value is -1.22. The van der Waals surface area contributed by atoms with Gasteiger partial charge in [0, 0.05) is 18.0 Å². The first-order valence-corrected chi connectivity index (χ1v) is 6.03. The summed E-state index contributed by atoms with van der Waals surface area (Å²) < 4.78 is 13.0. The summed E-state index contributed by atoms with van der Waals surface area (Å²) >= 11 is 0. The van der Waals surface area contributed by atoms with E-state index < -0.39 is 0 Å². The molecule has 0 unspecified atom stereocenters. The number of rotatable bonds is 6. The molecule has 0 aliphatic heterocycles. The van der Waals surface area contributed by atoms with Crippen LogP contribution in [0.5, 0.6) is 0 Å². The monoisotopic (exact) mass is 237 g/mol. The molecule has 0 heterocycles. The lowest BCUT2D eigenvalue weighted by atomic mass is 10.0. The molecule has 0 bridgehead atoms. The third kappa shape index (κ3) is 4.65. The fourth-order valence-corrected chi connectivity index (χ4v) is 1.67. The fraction of sp³-hybridized carbons (Fsp3) is 0.500.